The lowest BCUT2D eigenvalue weighted by atomic mass is 10.0. The van der Waals surface area contributed by atoms with Crippen molar-refractivity contribution in [1.82, 2.24) is 10.3 Å². The predicted molar refractivity (Wildman–Crippen MR) is 62.0 cm³/mol. The number of halogens is 1. The van der Waals surface area contributed by atoms with E-state index >= 15 is 0 Å². The van der Waals surface area contributed by atoms with E-state index in [0.29, 0.717) is 5.39 Å². The average molecular weight is 220 g/mol. The van der Waals surface area contributed by atoms with Crippen LogP contribution in [0.15, 0.2) is 29.2 Å². The molecule has 0 radical (unpaired) electrons. The molecule has 3 nitrogen and oxygen atoms in total. The molecule has 1 atom stereocenters. The smallest absolute Gasteiger partial charge is 0.255 e. The van der Waals surface area contributed by atoms with Crippen molar-refractivity contribution in [2.24, 2.45) is 0 Å². The minimum atomic E-state index is -0.396. The molecule has 16 heavy (non-hydrogen) atoms. The largest absolute Gasteiger partial charge is 0.328 e. The second-order valence-electron chi connectivity index (χ2n) is 3.77. The normalized spacial score (nSPS) is 12.9. The number of nitrogens with one attached hydrogen (secondary N) is 2. The molecular weight excluding hydrogens is 207 g/mol. The highest BCUT2D eigenvalue weighted by Crippen LogP contribution is 2.21. The topological polar surface area (TPSA) is 44.9 Å². The maximum atomic E-state index is 13.1. The number of rotatable bonds is 2. The van der Waals surface area contributed by atoms with Gasteiger partial charge in [-0.15, -0.1) is 0 Å². The monoisotopic (exact) mass is 220 g/mol. The van der Waals surface area contributed by atoms with E-state index < -0.39 is 5.82 Å². The Bertz CT molecular complexity index is 577. The SMILES string of the molecule is CNC(C)c1c[nH]c(=O)c2cc(F)ccc12. The minimum absolute atomic E-state index is 0.102. The molecule has 1 aromatic heterocycles. The summed E-state index contributed by atoms with van der Waals surface area (Å²) < 4.78 is 13.1. The fourth-order valence-corrected chi connectivity index (χ4v) is 1.77. The van der Waals surface area contributed by atoms with E-state index in [2.05, 4.69) is 10.3 Å². The fourth-order valence-electron chi connectivity index (χ4n) is 1.77. The van der Waals surface area contributed by atoms with Crippen LogP contribution in [0.1, 0.15) is 18.5 Å². The summed E-state index contributed by atoms with van der Waals surface area (Å²) in [5.74, 6) is -0.396. The molecule has 0 bridgehead atoms. The van der Waals surface area contributed by atoms with Crippen LogP contribution in [0.2, 0.25) is 0 Å². The van der Waals surface area contributed by atoms with E-state index in [4.69, 9.17) is 0 Å². The summed E-state index contributed by atoms with van der Waals surface area (Å²) in [6.07, 6.45) is 1.67. The molecule has 4 heteroatoms. The maximum Gasteiger partial charge on any atom is 0.255 e. The molecule has 0 saturated heterocycles. The molecular formula is C12H13FN2O. The summed E-state index contributed by atoms with van der Waals surface area (Å²) in [7, 11) is 1.84. The highest BCUT2D eigenvalue weighted by atomic mass is 19.1. The van der Waals surface area contributed by atoms with Crippen LogP contribution >= 0.6 is 0 Å². The zero-order valence-electron chi connectivity index (χ0n) is 9.17. The molecule has 0 aliphatic heterocycles. The Labute approximate surface area is 92.3 Å². The van der Waals surface area contributed by atoms with Gasteiger partial charge in [0.2, 0.25) is 0 Å². The lowest BCUT2D eigenvalue weighted by Gasteiger charge is -2.12. The lowest BCUT2D eigenvalue weighted by molar-refractivity contribution is 0.628. The first-order valence-electron chi connectivity index (χ1n) is 5.11. The van der Waals surface area contributed by atoms with Crippen LogP contribution in [-0.4, -0.2) is 12.0 Å². The summed E-state index contributed by atoms with van der Waals surface area (Å²) in [6.45, 7) is 1.98. The van der Waals surface area contributed by atoms with Crippen LogP contribution in [0.25, 0.3) is 10.8 Å². The molecule has 84 valence electrons. The minimum Gasteiger partial charge on any atom is -0.328 e. The van der Waals surface area contributed by atoms with Gasteiger partial charge in [-0.1, -0.05) is 6.07 Å². The number of hydrogen-bond acceptors (Lipinski definition) is 2. The Balaban J connectivity index is 2.79. The van der Waals surface area contributed by atoms with E-state index in [1.54, 1.807) is 12.3 Å². The Morgan fingerprint density at radius 1 is 1.38 bits per heavy atom. The van der Waals surface area contributed by atoms with Crippen LogP contribution in [-0.2, 0) is 0 Å². The standard InChI is InChI=1S/C12H13FN2O/c1-7(14-2)11-6-15-12(16)10-5-8(13)3-4-9(10)11/h3-7,14H,1-2H3,(H,15,16). The van der Waals surface area contributed by atoms with Crippen molar-refractivity contribution in [3.05, 3.63) is 46.1 Å². The van der Waals surface area contributed by atoms with Gasteiger partial charge in [-0.2, -0.15) is 0 Å². The van der Waals surface area contributed by atoms with Gasteiger partial charge in [0.05, 0.1) is 5.39 Å². The molecule has 1 unspecified atom stereocenters. The molecule has 1 aromatic carbocycles. The second kappa shape index (κ2) is 4.06. The first-order chi connectivity index (χ1) is 7.63. The lowest BCUT2D eigenvalue weighted by Crippen LogP contribution is -2.16. The average Bonchev–Trinajstić information content (AvgIpc) is 2.29. The highest BCUT2D eigenvalue weighted by molar-refractivity contribution is 5.85. The number of pyridine rings is 1. The van der Waals surface area contributed by atoms with Crippen molar-refractivity contribution < 1.29 is 4.39 Å². The van der Waals surface area contributed by atoms with Gasteiger partial charge < -0.3 is 10.3 Å². The molecule has 0 aliphatic rings. The summed E-state index contributed by atoms with van der Waals surface area (Å²) in [5, 5.41) is 4.26. The number of benzene rings is 1. The Morgan fingerprint density at radius 3 is 2.81 bits per heavy atom. The van der Waals surface area contributed by atoms with E-state index in [9.17, 15) is 9.18 Å². The summed E-state index contributed by atoms with van der Waals surface area (Å²) in [6, 6.07) is 4.38. The first-order valence-corrected chi connectivity index (χ1v) is 5.11. The van der Waals surface area contributed by atoms with Gasteiger partial charge in [-0.05, 0) is 37.1 Å². The van der Waals surface area contributed by atoms with Gasteiger partial charge >= 0.3 is 0 Å². The quantitative estimate of drug-likeness (QED) is 0.812. The van der Waals surface area contributed by atoms with Crippen LogP contribution in [0, 0.1) is 5.82 Å². The molecule has 0 saturated carbocycles. The number of hydrogen-bond donors (Lipinski definition) is 2. The van der Waals surface area contributed by atoms with Crippen LogP contribution in [0.3, 0.4) is 0 Å². The first kappa shape index (κ1) is 10.8. The summed E-state index contributed by atoms with van der Waals surface area (Å²) >= 11 is 0. The van der Waals surface area contributed by atoms with E-state index in [1.807, 2.05) is 14.0 Å². The van der Waals surface area contributed by atoms with Crippen LogP contribution in [0.4, 0.5) is 4.39 Å². The Morgan fingerprint density at radius 2 is 2.12 bits per heavy atom. The molecule has 2 aromatic rings. The molecule has 2 N–H and O–H groups in total. The zero-order valence-corrected chi connectivity index (χ0v) is 9.17. The summed E-state index contributed by atoms with van der Waals surface area (Å²) in [4.78, 5) is 14.2. The zero-order chi connectivity index (χ0) is 11.7. The van der Waals surface area contributed by atoms with Gasteiger partial charge in [-0.3, -0.25) is 4.79 Å². The van der Waals surface area contributed by atoms with Gasteiger partial charge in [0.1, 0.15) is 5.82 Å². The Kier molecular flexibility index (Phi) is 2.75. The molecule has 0 fully saturated rings. The van der Waals surface area contributed by atoms with Crippen LogP contribution < -0.4 is 10.9 Å². The number of fused-ring (bicyclic) bond motifs is 1. The van der Waals surface area contributed by atoms with E-state index in [1.165, 1.54) is 12.1 Å². The number of H-pyrrole nitrogens is 1. The van der Waals surface area contributed by atoms with Gasteiger partial charge in [-0.25, -0.2) is 4.39 Å². The van der Waals surface area contributed by atoms with E-state index in [0.717, 1.165) is 10.9 Å². The number of aromatic amines is 1. The third-order valence-corrected chi connectivity index (χ3v) is 2.80. The second-order valence-corrected chi connectivity index (χ2v) is 3.77. The third kappa shape index (κ3) is 1.72. The summed E-state index contributed by atoms with van der Waals surface area (Å²) in [5.41, 5.74) is 0.693. The Hall–Kier alpha value is -1.68. The van der Waals surface area contributed by atoms with E-state index in [-0.39, 0.29) is 11.6 Å². The molecule has 1 heterocycles. The van der Waals surface area contributed by atoms with Crippen molar-refractivity contribution in [3.8, 4) is 0 Å². The predicted octanol–water partition coefficient (Wildman–Crippen LogP) is 1.95. The maximum absolute atomic E-state index is 13.1. The highest BCUT2D eigenvalue weighted by Gasteiger charge is 2.10. The molecule has 0 amide bonds. The number of aromatic nitrogens is 1. The van der Waals surface area contributed by atoms with Crippen molar-refractivity contribution in [1.29, 1.82) is 0 Å². The van der Waals surface area contributed by atoms with Gasteiger partial charge in [0.15, 0.2) is 0 Å². The molecule has 0 aliphatic carbocycles. The molecule has 2 rings (SSSR count). The fraction of sp³-hybridized carbons (Fsp3) is 0.250. The van der Waals surface area contributed by atoms with Crippen molar-refractivity contribution in [2.75, 3.05) is 7.05 Å². The van der Waals surface area contributed by atoms with Crippen molar-refractivity contribution in [3.63, 3.8) is 0 Å². The third-order valence-electron chi connectivity index (χ3n) is 2.80. The van der Waals surface area contributed by atoms with Gasteiger partial charge in [0, 0.05) is 12.2 Å². The van der Waals surface area contributed by atoms with Gasteiger partial charge in [0.25, 0.3) is 5.56 Å². The molecule has 0 spiro atoms. The van der Waals surface area contributed by atoms with Crippen LogP contribution in [0.5, 0.6) is 0 Å². The van der Waals surface area contributed by atoms with Crippen molar-refractivity contribution >= 4 is 10.8 Å². The van der Waals surface area contributed by atoms with Crippen molar-refractivity contribution in [2.45, 2.75) is 13.0 Å².